The molecule has 0 aromatic heterocycles. The second-order valence-corrected chi connectivity index (χ2v) is 12.8. The zero-order valence-electron chi connectivity index (χ0n) is 22.4. The molecule has 0 saturated carbocycles. The summed E-state index contributed by atoms with van der Waals surface area (Å²) in [5.74, 6) is -0.768. The van der Waals surface area contributed by atoms with Crippen molar-refractivity contribution in [3.05, 3.63) is 70.7 Å². The molecule has 2 aromatic carbocycles. The molecule has 1 saturated heterocycles. The molecule has 3 atom stereocenters. The third-order valence-corrected chi connectivity index (χ3v) is 7.87. The van der Waals surface area contributed by atoms with Gasteiger partial charge in [-0.15, -0.1) is 11.8 Å². The molecule has 10 heteroatoms. The summed E-state index contributed by atoms with van der Waals surface area (Å²) in [6, 6.07) is 14.6. The van der Waals surface area contributed by atoms with Crippen molar-refractivity contribution in [2.45, 2.75) is 76.1 Å². The number of carbonyl (C=O) groups excluding carboxylic acids is 3. The van der Waals surface area contributed by atoms with Gasteiger partial charge in [0, 0.05) is 16.3 Å². The van der Waals surface area contributed by atoms with Crippen molar-refractivity contribution < 1.29 is 24.2 Å². The predicted octanol–water partition coefficient (Wildman–Crippen LogP) is 4.13. The average molecular weight is 562 g/mol. The molecule has 3 unspecified atom stereocenters. The van der Waals surface area contributed by atoms with Gasteiger partial charge in [-0.1, -0.05) is 60.1 Å². The number of nitrogens with one attached hydrogen (secondary N) is 2. The molecule has 0 spiro atoms. The van der Waals surface area contributed by atoms with Crippen LogP contribution in [0.5, 0.6) is 0 Å². The van der Waals surface area contributed by atoms with Crippen LogP contribution in [0.4, 0.5) is 4.79 Å². The number of hydrogen-bond acceptors (Lipinski definition) is 6. The number of rotatable bonds is 8. The van der Waals surface area contributed by atoms with Crippen LogP contribution in [0.2, 0.25) is 5.02 Å². The number of benzene rings is 2. The second kappa shape index (κ2) is 12.4. The lowest BCUT2D eigenvalue weighted by Crippen LogP contribution is -2.58. The van der Waals surface area contributed by atoms with Gasteiger partial charge >= 0.3 is 6.09 Å². The SMILES string of the molecule is CC(C)(C)OC(=O)NC(Cc1ccccc1)C(O)C(=O)N1CSC(C)(C)C1C(=O)NCc1ccccc1Cl. The Kier molecular flexibility index (Phi) is 9.73. The fourth-order valence-electron chi connectivity index (χ4n) is 4.24. The standard InChI is InChI=1S/C28H36ClN3O5S/c1-27(2,3)37-26(36)31-21(15-18-11-7-6-8-12-18)22(33)25(35)32-17-38-28(4,5)23(32)24(34)30-16-19-13-9-10-14-20(19)29/h6-14,21-23,33H,15-17H2,1-5H3,(H,30,34)(H,31,36). The summed E-state index contributed by atoms with van der Waals surface area (Å²) >= 11 is 7.68. The maximum atomic E-state index is 13.6. The van der Waals surface area contributed by atoms with Gasteiger partial charge < -0.3 is 25.4 Å². The number of halogens is 1. The molecule has 1 aliphatic rings. The highest BCUT2D eigenvalue weighted by Crippen LogP contribution is 2.40. The van der Waals surface area contributed by atoms with E-state index in [2.05, 4.69) is 10.6 Å². The quantitative estimate of drug-likeness (QED) is 0.447. The van der Waals surface area contributed by atoms with Crippen molar-refractivity contribution in [3.8, 4) is 0 Å². The number of alkyl carbamates (subject to hydrolysis) is 1. The summed E-state index contributed by atoms with van der Waals surface area (Å²) in [5, 5.41) is 17.3. The van der Waals surface area contributed by atoms with E-state index < -0.39 is 40.5 Å². The molecule has 1 fully saturated rings. The fourth-order valence-corrected chi connectivity index (χ4v) is 5.59. The lowest BCUT2D eigenvalue weighted by atomic mass is 9.97. The first-order valence-electron chi connectivity index (χ1n) is 12.5. The molecule has 3 N–H and O–H groups in total. The van der Waals surface area contributed by atoms with E-state index in [1.807, 2.05) is 62.4 Å². The molecule has 0 radical (unpaired) electrons. The number of hydrogen-bond donors (Lipinski definition) is 3. The van der Waals surface area contributed by atoms with Crippen molar-refractivity contribution in [2.24, 2.45) is 0 Å². The van der Waals surface area contributed by atoms with Gasteiger partial charge in [0.15, 0.2) is 6.10 Å². The Morgan fingerprint density at radius 3 is 2.39 bits per heavy atom. The van der Waals surface area contributed by atoms with E-state index in [4.69, 9.17) is 16.3 Å². The Bertz CT molecular complexity index is 1140. The molecule has 38 heavy (non-hydrogen) atoms. The molecule has 2 aromatic rings. The van der Waals surface area contributed by atoms with E-state index in [-0.39, 0.29) is 24.7 Å². The van der Waals surface area contributed by atoms with E-state index >= 15 is 0 Å². The molecule has 3 rings (SSSR count). The molecule has 0 aliphatic carbocycles. The van der Waals surface area contributed by atoms with Crippen molar-refractivity contribution >= 4 is 41.3 Å². The smallest absolute Gasteiger partial charge is 0.407 e. The molecule has 206 valence electrons. The number of aliphatic hydroxyl groups excluding tert-OH is 1. The van der Waals surface area contributed by atoms with Gasteiger partial charge in [0.2, 0.25) is 5.91 Å². The molecular formula is C28H36ClN3O5S. The number of nitrogens with zero attached hydrogens (tertiary/aromatic N) is 1. The van der Waals surface area contributed by atoms with Crippen molar-refractivity contribution in [1.82, 2.24) is 15.5 Å². The Morgan fingerprint density at radius 2 is 1.76 bits per heavy atom. The van der Waals surface area contributed by atoms with E-state index in [1.54, 1.807) is 26.8 Å². The first-order chi connectivity index (χ1) is 17.8. The molecular weight excluding hydrogens is 526 g/mol. The summed E-state index contributed by atoms with van der Waals surface area (Å²) < 4.78 is 4.77. The van der Waals surface area contributed by atoms with Gasteiger partial charge in [0.25, 0.3) is 5.91 Å². The number of amides is 3. The third-order valence-electron chi connectivity index (χ3n) is 6.12. The monoisotopic (exact) mass is 561 g/mol. The zero-order valence-corrected chi connectivity index (χ0v) is 23.9. The van der Waals surface area contributed by atoms with Crippen LogP contribution in [0.15, 0.2) is 54.6 Å². The Hall–Kier alpha value is -2.75. The minimum atomic E-state index is -1.60. The van der Waals surface area contributed by atoms with Gasteiger partial charge in [0.1, 0.15) is 11.6 Å². The Labute approximate surface area is 233 Å². The Morgan fingerprint density at radius 1 is 1.13 bits per heavy atom. The number of thioether (sulfide) groups is 1. The minimum absolute atomic E-state index is 0.195. The second-order valence-electron chi connectivity index (χ2n) is 10.8. The summed E-state index contributed by atoms with van der Waals surface area (Å²) in [5.41, 5.74) is 0.829. The lowest BCUT2D eigenvalue weighted by Gasteiger charge is -2.33. The van der Waals surface area contributed by atoms with Crippen LogP contribution >= 0.6 is 23.4 Å². The van der Waals surface area contributed by atoms with E-state index in [0.29, 0.717) is 5.02 Å². The first-order valence-corrected chi connectivity index (χ1v) is 13.8. The molecule has 8 nitrogen and oxygen atoms in total. The highest BCUT2D eigenvalue weighted by Gasteiger charge is 2.49. The van der Waals surface area contributed by atoms with Crippen LogP contribution in [-0.4, -0.2) is 62.3 Å². The molecule has 1 heterocycles. The van der Waals surface area contributed by atoms with Crippen molar-refractivity contribution in [2.75, 3.05) is 5.88 Å². The minimum Gasteiger partial charge on any atom is -0.444 e. The number of carbonyl (C=O) groups is 3. The summed E-state index contributed by atoms with van der Waals surface area (Å²) in [6.07, 6.45) is -2.15. The van der Waals surface area contributed by atoms with Crippen LogP contribution in [-0.2, 0) is 27.3 Å². The summed E-state index contributed by atoms with van der Waals surface area (Å²) in [6.45, 7) is 9.17. The topological polar surface area (TPSA) is 108 Å². The maximum Gasteiger partial charge on any atom is 0.407 e. The molecule has 3 amide bonds. The van der Waals surface area contributed by atoms with Gasteiger partial charge in [-0.05, 0) is 58.2 Å². The van der Waals surface area contributed by atoms with Crippen LogP contribution < -0.4 is 10.6 Å². The van der Waals surface area contributed by atoms with Gasteiger partial charge in [-0.2, -0.15) is 0 Å². The van der Waals surface area contributed by atoms with Crippen LogP contribution in [0.3, 0.4) is 0 Å². The lowest BCUT2D eigenvalue weighted by molar-refractivity contribution is -0.147. The first kappa shape index (κ1) is 29.8. The van der Waals surface area contributed by atoms with E-state index in [1.165, 1.54) is 16.7 Å². The van der Waals surface area contributed by atoms with Gasteiger partial charge in [-0.3, -0.25) is 9.59 Å². The van der Waals surface area contributed by atoms with E-state index in [9.17, 15) is 19.5 Å². The normalized spacial score (nSPS) is 18.4. The van der Waals surface area contributed by atoms with Gasteiger partial charge in [0.05, 0.1) is 11.9 Å². The highest BCUT2D eigenvalue weighted by atomic mass is 35.5. The molecule has 0 bridgehead atoms. The summed E-state index contributed by atoms with van der Waals surface area (Å²) in [7, 11) is 0. The van der Waals surface area contributed by atoms with Crippen LogP contribution in [0.1, 0.15) is 45.7 Å². The molecule has 1 aliphatic heterocycles. The number of ether oxygens (including phenoxy) is 1. The third kappa shape index (κ3) is 7.88. The Balaban J connectivity index is 1.79. The average Bonchev–Trinajstić information content (AvgIpc) is 3.16. The fraction of sp³-hybridized carbons (Fsp3) is 0.464. The van der Waals surface area contributed by atoms with Gasteiger partial charge in [-0.25, -0.2) is 4.79 Å². The number of aliphatic hydroxyl groups is 1. The van der Waals surface area contributed by atoms with Crippen LogP contribution in [0.25, 0.3) is 0 Å². The van der Waals surface area contributed by atoms with Crippen molar-refractivity contribution in [1.29, 1.82) is 0 Å². The van der Waals surface area contributed by atoms with Crippen molar-refractivity contribution in [3.63, 3.8) is 0 Å². The zero-order chi connectivity index (χ0) is 28.1. The highest BCUT2D eigenvalue weighted by molar-refractivity contribution is 8.00. The summed E-state index contributed by atoms with van der Waals surface area (Å²) in [4.78, 5) is 41.0. The largest absolute Gasteiger partial charge is 0.444 e. The predicted molar refractivity (Wildman–Crippen MR) is 150 cm³/mol. The van der Waals surface area contributed by atoms with Crippen LogP contribution in [0, 0.1) is 0 Å². The maximum absolute atomic E-state index is 13.6. The van der Waals surface area contributed by atoms with E-state index in [0.717, 1.165) is 11.1 Å².